The van der Waals surface area contributed by atoms with Crippen molar-refractivity contribution in [1.29, 1.82) is 0 Å². The van der Waals surface area contributed by atoms with Gasteiger partial charge in [0.15, 0.2) is 0 Å². The van der Waals surface area contributed by atoms with E-state index in [9.17, 15) is 4.79 Å². The fraction of sp³-hybridized carbons (Fsp3) is 0.296. The molecule has 2 aromatic heterocycles. The number of carbonyl (C=O) groups excluding carboxylic acids is 1. The molecule has 1 aliphatic heterocycles. The maximum absolute atomic E-state index is 12.8. The van der Waals surface area contributed by atoms with Crippen molar-refractivity contribution in [2.24, 2.45) is 0 Å². The molecule has 2 aromatic carbocycles. The average molecular weight is 471 g/mol. The minimum absolute atomic E-state index is 0.0648. The quantitative estimate of drug-likeness (QED) is 0.374. The molecule has 0 bridgehead atoms. The number of aromatic amines is 1. The molecule has 0 saturated carbocycles. The first-order valence-corrected chi connectivity index (χ1v) is 11.8. The molecule has 35 heavy (non-hydrogen) atoms. The molecule has 1 amide bonds. The third-order valence-electron chi connectivity index (χ3n) is 6.34. The Morgan fingerprint density at radius 3 is 2.89 bits per heavy atom. The topological polar surface area (TPSA) is 95.2 Å². The summed E-state index contributed by atoms with van der Waals surface area (Å²) in [6.07, 6.45) is 4.40. The minimum Gasteiger partial charge on any atom is -0.380 e. The van der Waals surface area contributed by atoms with Gasteiger partial charge >= 0.3 is 0 Å². The highest BCUT2D eigenvalue weighted by molar-refractivity contribution is 5.95. The van der Waals surface area contributed by atoms with Crippen molar-refractivity contribution in [3.63, 3.8) is 0 Å². The third kappa shape index (κ3) is 5.18. The van der Waals surface area contributed by atoms with Crippen LogP contribution in [-0.4, -0.2) is 59.0 Å². The summed E-state index contributed by atoms with van der Waals surface area (Å²) in [7, 11) is 3.71. The molecule has 3 heterocycles. The third-order valence-corrected chi connectivity index (χ3v) is 6.34. The SMILES string of the molecule is COCc1cc(C(=O)NC2CCN(C)C2)ccc1Nc1cncc(-c2cc3cc(C)ccc3[nH]2)n1. The van der Waals surface area contributed by atoms with Gasteiger partial charge in [-0.3, -0.25) is 9.78 Å². The Morgan fingerprint density at radius 1 is 1.20 bits per heavy atom. The number of amides is 1. The predicted molar refractivity (Wildman–Crippen MR) is 138 cm³/mol. The maximum atomic E-state index is 12.8. The monoisotopic (exact) mass is 470 g/mol. The van der Waals surface area contributed by atoms with Crippen LogP contribution in [0.1, 0.15) is 27.9 Å². The molecule has 1 aliphatic rings. The lowest BCUT2D eigenvalue weighted by molar-refractivity contribution is 0.0938. The lowest BCUT2D eigenvalue weighted by Gasteiger charge is -2.15. The van der Waals surface area contributed by atoms with Crippen LogP contribution in [0.3, 0.4) is 0 Å². The molecular formula is C27H30N6O2. The number of likely N-dealkylation sites (N-methyl/N-ethyl adjacent to an activating group) is 1. The molecule has 0 aliphatic carbocycles. The van der Waals surface area contributed by atoms with Crippen molar-refractivity contribution in [2.75, 3.05) is 32.6 Å². The molecule has 8 nitrogen and oxygen atoms in total. The number of rotatable bonds is 7. The number of nitrogens with zero attached hydrogens (tertiary/aromatic N) is 3. The van der Waals surface area contributed by atoms with Crippen molar-refractivity contribution in [3.8, 4) is 11.4 Å². The van der Waals surface area contributed by atoms with Gasteiger partial charge in [-0.25, -0.2) is 4.98 Å². The molecule has 1 unspecified atom stereocenters. The zero-order chi connectivity index (χ0) is 24.4. The summed E-state index contributed by atoms with van der Waals surface area (Å²) in [5, 5.41) is 7.63. The molecule has 4 aromatic rings. The van der Waals surface area contributed by atoms with E-state index in [1.54, 1.807) is 19.5 Å². The number of anilines is 2. The number of carbonyl (C=O) groups is 1. The number of fused-ring (bicyclic) bond motifs is 1. The van der Waals surface area contributed by atoms with Crippen LogP contribution in [0.25, 0.3) is 22.3 Å². The van der Waals surface area contributed by atoms with Gasteiger partial charge in [0.1, 0.15) is 11.5 Å². The summed E-state index contributed by atoms with van der Waals surface area (Å²) in [6, 6.07) is 14.2. The van der Waals surface area contributed by atoms with Crippen LogP contribution in [0.5, 0.6) is 0 Å². The molecule has 0 radical (unpaired) electrons. The second-order valence-corrected chi connectivity index (χ2v) is 9.21. The van der Waals surface area contributed by atoms with E-state index in [2.05, 4.69) is 63.7 Å². The Balaban J connectivity index is 1.36. The fourth-order valence-corrected chi connectivity index (χ4v) is 4.54. The highest BCUT2D eigenvalue weighted by Crippen LogP contribution is 2.26. The molecule has 1 saturated heterocycles. The number of aromatic nitrogens is 3. The Bertz CT molecular complexity index is 1370. The number of nitrogens with one attached hydrogen (secondary N) is 3. The lowest BCUT2D eigenvalue weighted by Crippen LogP contribution is -2.36. The van der Waals surface area contributed by atoms with Gasteiger partial charge in [0, 0.05) is 47.4 Å². The van der Waals surface area contributed by atoms with E-state index in [0.29, 0.717) is 18.0 Å². The highest BCUT2D eigenvalue weighted by atomic mass is 16.5. The Morgan fingerprint density at radius 2 is 2.09 bits per heavy atom. The minimum atomic E-state index is -0.0648. The van der Waals surface area contributed by atoms with Crippen molar-refractivity contribution in [2.45, 2.75) is 26.0 Å². The van der Waals surface area contributed by atoms with Gasteiger partial charge in [-0.15, -0.1) is 0 Å². The van der Waals surface area contributed by atoms with Crippen LogP contribution < -0.4 is 10.6 Å². The van der Waals surface area contributed by atoms with Crippen LogP contribution >= 0.6 is 0 Å². The standard InChI is InChI=1S/C27H30N6O2/c1-17-4-6-22-19(10-17)12-24(30-22)25-13-28-14-26(32-25)31-23-7-5-18(11-20(23)16-35-3)27(34)29-21-8-9-33(2)15-21/h4-7,10-14,21,30H,8-9,15-16H2,1-3H3,(H,29,34)(H,31,32). The van der Waals surface area contributed by atoms with Gasteiger partial charge in [0.25, 0.3) is 5.91 Å². The summed E-state index contributed by atoms with van der Waals surface area (Å²) in [4.78, 5) is 27.6. The first-order valence-electron chi connectivity index (χ1n) is 11.8. The van der Waals surface area contributed by atoms with Gasteiger partial charge in [0.2, 0.25) is 0 Å². The van der Waals surface area contributed by atoms with E-state index in [1.165, 1.54) is 5.56 Å². The first kappa shape index (κ1) is 23.0. The second kappa shape index (κ2) is 9.85. The average Bonchev–Trinajstić information content (AvgIpc) is 3.46. The molecule has 8 heteroatoms. The van der Waals surface area contributed by atoms with E-state index < -0.39 is 0 Å². The Labute approximate surface area is 204 Å². The molecule has 3 N–H and O–H groups in total. The number of benzene rings is 2. The smallest absolute Gasteiger partial charge is 0.251 e. The summed E-state index contributed by atoms with van der Waals surface area (Å²) in [5.41, 5.74) is 6.23. The second-order valence-electron chi connectivity index (χ2n) is 9.21. The molecule has 5 rings (SSSR count). The Hall–Kier alpha value is -3.75. The number of H-pyrrole nitrogens is 1. The van der Waals surface area contributed by atoms with Gasteiger partial charge in [0.05, 0.1) is 24.7 Å². The van der Waals surface area contributed by atoms with Crippen LogP contribution in [0.2, 0.25) is 0 Å². The number of methoxy groups -OCH3 is 1. The summed E-state index contributed by atoms with van der Waals surface area (Å²) in [5.74, 6) is 0.547. The number of aryl methyl sites for hydroxylation is 1. The molecule has 180 valence electrons. The van der Waals surface area contributed by atoms with Gasteiger partial charge in [-0.2, -0.15) is 0 Å². The largest absolute Gasteiger partial charge is 0.380 e. The zero-order valence-corrected chi connectivity index (χ0v) is 20.3. The first-order chi connectivity index (χ1) is 17.0. The van der Waals surface area contributed by atoms with Gasteiger partial charge < -0.3 is 25.3 Å². The molecular weight excluding hydrogens is 440 g/mol. The molecule has 1 atom stereocenters. The molecule has 1 fully saturated rings. The fourth-order valence-electron chi connectivity index (χ4n) is 4.54. The van der Waals surface area contributed by atoms with Crippen molar-refractivity contribution >= 4 is 28.3 Å². The maximum Gasteiger partial charge on any atom is 0.251 e. The summed E-state index contributed by atoms with van der Waals surface area (Å²) in [6.45, 7) is 4.32. The Kier molecular flexibility index (Phi) is 6.48. The van der Waals surface area contributed by atoms with E-state index in [0.717, 1.165) is 53.1 Å². The normalized spacial score (nSPS) is 16.0. The van der Waals surface area contributed by atoms with E-state index in [1.807, 2.05) is 18.2 Å². The van der Waals surface area contributed by atoms with Crippen molar-refractivity contribution in [3.05, 3.63) is 71.5 Å². The van der Waals surface area contributed by atoms with Crippen molar-refractivity contribution < 1.29 is 9.53 Å². The van der Waals surface area contributed by atoms with E-state index >= 15 is 0 Å². The van der Waals surface area contributed by atoms with Crippen LogP contribution in [0, 0.1) is 6.92 Å². The highest BCUT2D eigenvalue weighted by Gasteiger charge is 2.22. The van der Waals surface area contributed by atoms with Gasteiger partial charge in [-0.05, 0) is 63.3 Å². The van der Waals surface area contributed by atoms with Crippen molar-refractivity contribution in [1.82, 2.24) is 25.2 Å². The van der Waals surface area contributed by atoms with E-state index in [-0.39, 0.29) is 11.9 Å². The summed E-state index contributed by atoms with van der Waals surface area (Å²) < 4.78 is 5.41. The van der Waals surface area contributed by atoms with E-state index in [4.69, 9.17) is 9.72 Å². The number of hydrogen-bond donors (Lipinski definition) is 3. The van der Waals surface area contributed by atoms with Crippen LogP contribution in [0.15, 0.2) is 54.9 Å². The lowest BCUT2D eigenvalue weighted by atomic mass is 10.1. The number of ether oxygens (including phenoxy) is 1. The number of hydrogen-bond acceptors (Lipinski definition) is 6. The van der Waals surface area contributed by atoms with Crippen LogP contribution in [-0.2, 0) is 11.3 Å². The number of likely N-dealkylation sites (tertiary alicyclic amines) is 1. The molecule has 0 spiro atoms. The summed E-state index contributed by atoms with van der Waals surface area (Å²) >= 11 is 0. The van der Waals surface area contributed by atoms with Gasteiger partial charge in [-0.1, -0.05) is 11.6 Å². The van der Waals surface area contributed by atoms with Crippen LogP contribution in [0.4, 0.5) is 11.5 Å². The zero-order valence-electron chi connectivity index (χ0n) is 20.3. The predicted octanol–water partition coefficient (Wildman–Crippen LogP) is 4.26.